The number of carbonyl (C=O) groups is 2. The number of allylic oxidation sites excluding steroid dienone is 1. The molecule has 5 rings (SSSR count). The summed E-state index contributed by atoms with van der Waals surface area (Å²) in [6.45, 7) is 23.5. The Kier molecular flexibility index (Phi) is 35.6. The van der Waals surface area contributed by atoms with Crippen LogP contribution < -0.4 is 0 Å². The number of benzene rings is 2. The van der Waals surface area contributed by atoms with Gasteiger partial charge in [0.15, 0.2) is 0 Å². The van der Waals surface area contributed by atoms with Crippen molar-refractivity contribution in [3.8, 4) is 0 Å². The molecule has 0 amide bonds. The summed E-state index contributed by atoms with van der Waals surface area (Å²) in [6, 6.07) is 20.5. The quantitative estimate of drug-likeness (QED) is 0.106. The van der Waals surface area contributed by atoms with Crippen LogP contribution in [0.3, 0.4) is 0 Å². The minimum atomic E-state index is -0.464. The van der Waals surface area contributed by atoms with Crippen molar-refractivity contribution >= 4 is 42.0 Å². The summed E-state index contributed by atoms with van der Waals surface area (Å²) in [7, 11) is 0. The Labute approximate surface area is 328 Å². The van der Waals surface area contributed by atoms with Gasteiger partial charge in [-0.2, -0.15) is 0 Å². The molecule has 3 fully saturated rings. The standard InChI is InChI=1S/C18H26O3.C9H10.C7H10O3.C4H8O.4CH4.Al.B.HN/c1-5-18(4,16(19)21-12-15-11-20-15)13-17(2,3)14-9-7-6-8-10-14;1-8(2)9-6-4-3-5-7-9;1-5(2)7(8)10-4-6-3-9-6;1-2-4-5-3-1;;;;;;;/h6-10,15H,5,11-13H2,1-4H3;3-7H,1H2,2H3;6H,1,3-4H2,2H3;1-4H2;4*1H4;;;1H. The van der Waals surface area contributed by atoms with E-state index in [1.807, 2.05) is 50.2 Å². The van der Waals surface area contributed by atoms with E-state index in [2.05, 4.69) is 58.2 Å². The fraction of sp³-hybridized carbons (Fsp3) is 0.571. The van der Waals surface area contributed by atoms with Crippen LogP contribution in [0.1, 0.15) is 108 Å². The molecule has 0 aliphatic carbocycles. The van der Waals surface area contributed by atoms with Crippen LogP contribution in [0.2, 0.25) is 0 Å². The van der Waals surface area contributed by atoms with Crippen LogP contribution in [-0.4, -0.2) is 88.3 Å². The van der Waals surface area contributed by atoms with Crippen molar-refractivity contribution in [1.82, 2.24) is 0 Å². The molecule has 0 aromatic heterocycles. The Bertz CT molecular complexity index is 1210. The molecule has 10 heteroatoms. The van der Waals surface area contributed by atoms with Gasteiger partial charge in [0, 0.05) is 27.2 Å². The zero-order chi connectivity index (χ0) is 35.3. The first kappa shape index (κ1) is 58.4. The number of epoxide rings is 2. The summed E-state index contributed by atoms with van der Waals surface area (Å²) in [6.07, 6.45) is 4.36. The molecule has 0 bridgehead atoms. The van der Waals surface area contributed by atoms with Gasteiger partial charge in [-0.15, -0.1) is 0 Å². The molecule has 3 unspecified atom stereocenters. The van der Waals surface area contributed by atoms with Crippen LogP contribution in [0.5, 0.6) is 0 Å². The van der Waals surface area contributed by atoms with Crippen molar-refractivity contribution in [1.29, 1.82) is 4.35 Å². The van der Waals surface area contributed by atoms with Crippen molar-refractivity contribution in [2.24, 2.45) is 5.41 Å². The maximum atomic E-state index is 12.5. The molecule has 3 atom stereocenters. The normalized spacial score (nSPS) is 16.5. The second kappa shape index (κ2) is 31.6. The average molecular weight is 740 g/mol. The summed E-state index contributed by atoms with van der Waals surface area (Å²) < 4.78 is 30.7. The second-order valence-corrected chi connectivity index (χ2v) is 12.7. The fourth-order valence-corrected chi connectivity index (χ4v) is 4.50. The van der Waals surface area contributed by atoms with Crippen LogP contribution in [0.15, 0.2) is 79.4 Å². The van der Waals surface area contributed by atoms with Crippen LogP contribution in [0.25, 0.3) is 5.57 Å². The first-order chi connectivity index (χ1) is 22.4. The molecule has 1 N–H and O–H groups in total. The Morgan fingerprint density at radius 1 is 0.808 bits per heavy atom. The number of ether oxygens (including phenoxy) is 5. The van der Waals surface area contributed by atoms with Crippen LogP contribution >= 0.6 is 0 Å². The van der Waals surface area contributed by atoms with Crippen LogP contribution in [0.4, 0.5) is 0 Å². The summed E-state index contributed by atoms with van der Waals surface area (Å²) in [5.41, 5.74) is 3.49. The summed E-state index contributed by atoms with van der Waals surface area (Å²) in [5, 5.41) is 0. The predicted molar refractivity (Wildman–Crippen MR) is 221 cm³/mol. The predicted octanol–water partition coefficient (Wildman–Crippen LogP) is 9.81. The summed E-state index contributed by atoms with van der Waals surface area (Å²) in [4.78, 5) is 23.2. The van der Waals surface area contributed by atoms with E-state index in [0.29, 0.717) is 32.0 Å². The Hall–Kier alpha value is -2.86. The van der Waals surface area contributed by atoms with E-state index in [1.165, 1.54) is 24.0 Å². The van der Waals surface area contributed by atoms with Gasteiger partial charge in [-0.1, -0.05) is 130 Å². The number of hydrogen-bond acceptors (Lipinski definition) is 8. The van der Waals surface area contributed by atoms with Gasteiger partial charge < -0.3 is 23.7 Å². The third-order valence-corrected chi connectivity index (χ3v) is 7.71. The zero-order valence-corrected chi connectivity index (χ0v) is 31.1. The molecule has 292 valence electrons. The van der Waals surface area contributed by atoms with Gasteiger partial charge >= 0.3 is 32.4 Å². The number of rotatable bonds is 11. The molecule has 2 aromatic carbocycles. The third-order valence-electron chi connectivity index (χ3n) is 7.71. The van der Waals surface area contributed by atoms with E-state index in [9.17, 15) is 9.59 Å². The van der Waals surface area contributed by atoms with E-state index in [-0.39, 0.29) is 67.7 Å². The molecular formula is C42H71AlBNO7. The summed E-state index contributed by atoms with van der Waals surface area (Å²) >= 11 is 1.67. The SMILES string of the molecule is C.C.C.C.C1CCOC1.C=C(C)C(=O)OCC1CO1.C=C(C)c1ccccc1.CCC(C)(CC(C)(C)c1ccccc1)C(=O)OCC1CO1.[B].[NH]=[Al]. The number of nitrogens with one attached hydrogen (secondary N) is 1. The van der Waals surface area contributed by atoms with Crippen molar-refractivity contribution in [2.75, 3.05) is 39.6 Å². The van der Waals surface area contributed by atoms with E-state index < -0.39 is 5.41 Å². The second-order valence-electron chi connectivity index (χ2n) is 12.7. The van der Waals surface area contributed by atoms with Gasteiger partial charge in [-0.3, -0.25) is 4.79 Å². The van der Waals surface area contributed by atoms with E-state index in [4.69, 9.17) is 28.0 Å². The van der Waals surface area contributed by atoms with Crippen molar-refractivity contribution in [3.05, 3.63) is 90.5 Å². The van der Waals surface area contributed by atoms with E-state index in [1.54, 1.807) is 23.0 Å². The molecule has 3 aliphatic rings. The maximum absolute atomic E-state index is 12.5. The third kappa shape index (κ3) is 25.2. The van der Waals surface area contributed by atoms with Crippen LogP contribution in [0, 0.1) is 9.76 Å². The first-order valence-corrected chi connectivity index (χ1v) is 16.8. The molecular weight excluding hydrogens is 668 g/mol. The first-order valence-electron chi connectivity index (χ1n) is 16.2. The number of esters is 2. The summed E-state index contributed by atoms with van der Waals surface area (Å²) in [5.74, 6) is -0.444. The average Bonchev–Trinajstić information content (AvgIpc) is 4.03. The van der Waals surface area contributed by atoms with E-state index >= 15 is 0 Å². The van der Waals surface area contributed by atoms with Crippen LogP contribution in [-0.2, 0) is 38.7 Å². The Morgan fingerprint density at radius 2 is 1.23 bits per heavy atom. The fourth-order valence-electron chi connectivity index (χ4n) is 4.50. The topological polar surface area (TPSA) is 111 Å². The van der Waals surface area contributed by atoms with Gasteiger partial charge in [0.2, 0.25) is 0 Å². The molecule has 3 heterocycles. The molecule has 0 spiro atoms. The van der Waals surface area contributed by atoms with Crippen molar-refractivity contribution in [3.63, 3.8) is 0 Å². The van der Waals surface area contributed by atoms with E-state index in [0.717, 1.165) is 31.6 Å². The Morgan fingerprint density at radius 3 is 1.56 bits per heavy atom. The molecule has 3 aliphatic heterocycles. The molecule has 0 saturated carbocycles. The number of hydrogen-bond donors (Lipinski definition) is 1. The molecule has 8 nitrogen and oxygen atoms in total. The van der Waals surface area contributed by atoms with Crippen molar-refractivity contribution in [2.45, 2.75) is 115 Å². The molecule has 2 aromatic rings. The molecule has 3 saturated heterocycles. The van der Waals surface area contributed by atoms with Gasteiger partial charge in [-0.25, -0.2) is 4.79 Å². The molecule has 4 radical (unpaired) electrons. The van der Waals surface area contributed by atoms with Gasteiger partial charge in [0.25, 0.3) is 0 Å². The van der Waals surface area contributed by atoms with Gasteiger partial charge in [0.1, 0.15) is 25.4 Å². The zero-order valence-electron chi connectivity index (χ0n) is 29.9. The van der Waals surface area contributed by atoms with Gasteiger partial charge in [-0.05, 0) is 63.0 Å². The van der Waals surface area contributed by atoms with Crippen molar-refractivity contribution < 1.29 is 33.3 Å². The Balaban J connectivity index is -0.000000201. The molecule has 52 heavy (non-hydrogen) atoms. The monoisotopic (exact) mass is 740 g/mol. The van der Waals surface area contributed by atoms with Gasteiger partial charge in [0.05, 0.1) is 18.6 Å². The minimum absolute atomic E-state index is 0. The number of carbonyl (C=O) groups excluding carboxylic acids is 2.